The summed E-state index contributed by atoms with van der Waals surface area (Å²) in [6.07, 6.45) is 5.84. The first kappa shape index (κ1) is 37.7. The van der Waals surface area contributed by atoms with Crippen molar-refractivity contribution in [3.63, 3.8) is 0 Å². The summed E-state index contributed by atoms with van der Waals surface area (Å²) < 4.78 is 7.48. The van der Waals surface area contributed by atoms with E-state index in [1.165, 1.54) is 63.2 Å². The SMILES string of the molecule is CC1(C)[C@@H](N)C2CCN1CC2.COc1ccc2sc(C(=O)C[C@H]3C4CCN(CC4)C3(C)C)cc2c1.Cc1ccc2sc(C(=O)O)cc2c1.Cl. The number of fused-ring (bicyclic) bond motifs is 8. The molecule has 49 heavy (non-hydrogen) atoms. The number of carboxylic acids is 1. The average Bonchev–Trinajstić information content (AvgIpc) is 3.70. The van der Waals surface area contributed by atoms with Crippen LogP contribution in [0, 0.1) is 24.7 Å². The molecule has 6 saturated heterocycles. The molecule has 10 heteroatoms. The second-order valence-electron chi connectivity index (χ2n) is 15.2. The van der Waals surface area contributed by atoms with Crippen molar-refractivity contribution in [2.24, 2.45) is 23.5 Å². The molecule has 8 heterocycles. The number of rotatable bonds is 5. The van der Waals surface area contributed by atoms with Gasteiger partial charge in [-0.1, -0.05) is 17.7 Å². The highest BCUT2D eigenvalue weighted by Gasteiger charge is 2.48. The van der Waals surface area contributed by atoms with Gasteiger partial charge in [0.05, 0.1) is 12.0 Å². The van der Waals surface area contributed by atoms with Crippen molar-refractivity contribution >= 4 is 67.0 Å². The van der Waals surface area contributed by atoms with E-state index in [1.807, 2.05) is 49.4 Å². The molecule has 0 radical (unpaired) electrons. The number of nitrogens with two attached hydrogens (primary N) is 1. The Morgan fingerprint density at radius 2 is 1.35 bits per heavy atom. The van der Waals surface area contributed by atoms with Crippen LogP contribution in [0.15, 0.2) is 48.5 Å². The van der Waals surface area contributed by atoms with E-state index in [1.54, 1.807) is 24.5 Å². The van der Waals surface area contributed by atoms with Gasteiger partial charge < -0.3 is 15.6 Å². The summed E-state index contributed by atoms with van der Waals surface area (Å²) in [5.41, 5.74) is 7.73. The number of hydrogen-bond acceptors (Lipinski definition) is 8. The lowest BCUT2D eigenvalue weighted by atomic mass is 9.65. The maximum atomic E-state index is 13.0. The fourth-order valence-electron chi connectivity index (χ4n) is 8.58. The number of halogens is 1. The Balaban J connectivity index is 0.000000158. The summed E-state index contributed by atoms with van der Waals surface area (Å²) in [5.74, 6) is 2.30. The molecule has 4 aromatic rings. The van der Waals surface area contributed by atoms with Gasteiger partial charge >= 0.3 is 5.97 Å². The van der Waals surface area contributed by atoms with E-state index in [9.17, 15) is 9.59 Å². The van der Waals surface area contributed by atoms with E-state index < -0.39 is 5.97 Å². The standard InChI is InChI=1S/C20H25NO2S.C10H8O2S.C9H18N2.ClH/c1-20(2)16(13-6-8-21(20)9-7-13)12-17(22)19-11-14-10-15(23-3)4-5-18(14)24-19;1-6-2-3-8-7(4-6)5-9(13-8)10(11)12;1-9(2)8(10)7-3-5-11(9)6-4-7;/h4-5,10-11,13,16H,6-9,12H2,1-3H3;2-5H,1H3,(H,11,12);7-8H,3-6,10H2,1-2H3;1H/t16-;;8-;/m0.0./s1. The van der Waals surface area contributed by atoms with Gasteiger partial charge in [0.1, 0.15) is 10.6 Å². The minimum absolute atomic E-state index is 0. The third-order valence-electron chi connectivity index (χ3n) is 11.8. The van der Waals surface area contributed by atoms with Gasteiger partial charge in [0.25, 0.3) is 0 Å². The molecule has 6 aliphatic rings. The normalized spacial score (nSPS) is 27.3. The van der Waals surface area contributed by atoms with E-state index in [2.05, 4.69) is 37.5 Å². The fourth-order valence-corrected chi connectivity index (χ4v) is 10.5. The number of methoxy groups -OCH3 is 1. The predicted molar refractivity (Wildman–Crippen MR) is 206 cm³/mol. The summed E-state index contributed by atoms with van der Waals surface area (Å²) in [6.45, 7) is 16.1. The number of hydrogen-bond donors (Lipinski definition) is 2. The van der Waals surface area contributed by atoms with Crippen LogP contribution in [-0.4, -0.2) is 77.1 Å². The smallest absolute Gasteiger partial charge is 0.345 e. The highest BCUT2D eigenvalue weighted by atomic mass is 35.5. The lowest BCUT2D eigenvalue weighted by Gasteiger charge is -2.56. The van der Waals surface area contributed by atoms with Crippen molar-refractivity contribution < 1.29 is 19.4 Å². The number of aryl methyl sites for hydroxylation is 1. The zero-order valence-corrected chi connectivity index (χ0v) is 32.1. The van der Waals surface area contributed by atoms with Crippen LogP contribution in [0.2, 0.25) is 0 Å². The van der Waals surface area contributed by atoms with Gasteiger partial charge in [-0.25, -0.2) is 4.79 Å². The molecule has 0 amide bonds. The molecule has 0 unspecified atom stereocenters. The van der Waals surface area contributed by atoms with Gasteiger partial charge in [-0.15, -0.1) is 35.1 Å². The van der Waals surface area contributed by atoms with Crippen molar-refractivity contribution in [2.75, 3.05) is 33.3 Å². The first-order valence-electron chi connectivity index (χ1n) is 17.4. The fraction of sp³-hybridized carbons (Fsp3) is 0.538. The zero-order chi connectivity index (χ0) is 34.4. The number of ether oxygens (including phenoxy) is 1. The average molecular weight is 726 g/mol. The number of nitrogens with zero attached hydrogens (tertiary/aromatic N) is 2. The van der Waals surface area contributed by atoms with Crippen molar-refractivity contribution in [1.82, 2.24) is 9.80 Å². The van der Waals surface area contributed by atoms with E-state index in [0.29, 0.717) is 35.0 Å². The van der Waals surface area contributed by atoms with E-state index in [-0.39, 0.29) is 23.5 Å². The molecule has 7 nitrogen and oxygen atoms in total. The summed E-state index contributed by atoms with van der Waals surface area (Å²) in [5, 5.41) is 10.9. The van der Waals surface area contributed by atoms with Crippen LogP contribution in [0.3, 0.4) is 0 Å². The summed E-state index contributed by atoms with van der Waals surface area (Å²) >= 11 is 2.93. The topological polar surface area (TPSA) is 96.1 Å². The zero-order valence-electron chi connectivity index (χ0n) is 29.7. The van der Waals surface area contributed by atoms with Gasteiger partial charge in [-0.05, 0) is 151 Å². The molecule has 2 atom stereocenters. The van der Waals surface area contributed by atoms with Crippen molar-refractivity contribution in [3.8, 4) is 5.75 Å². The van der Waals surface area contributed by atoms with Gasteiger partial charge in [0.2, 0.25) is 0 Å². The molecule has 0 saturated carbocycles. The monoisotopic (exact) mass is 725 g/mol. The number of carboxylic acid groups (broad SMARTS) is 1. The van der Waals surface area contributed by atoms with E-state index in [0.717, 1.165) is 42.3 Å². The number of thiophene rings is 2. The molecule has 10 rings (SSSR count). The maximum absolute atomic E-state index is 13.0. The Morgan fingerprint density at radius 3 is 1.88 bits per heavy atom. The summed E-state index contributed by atoms with van der Waals surface area (Å²) in [4.78, 5) is 30.0. The summed E-state index contributed by atoms with van der Waals surface area (Å²) in [6, 6.07) is 16.1. The number of benzene rings is 2. The number of Topliss-reactive ketones (excluding diaryl/α,β-unsaturated/α-hetero) is 1. The van der Waals surface area contributed by atoms with Gasteiger partial charge in [-0.3, -0.25) is 14.6 Å². The van der Waals surface area contributed by atoms with Crippen molar-refractivity contribution in [1.29, 1.82) is 0 Å². The predicted octanol–water partition coefficient (Wildman–Crippen LogP) is 8.75. The number of carbonyl (C=O) groups is 2. The quantitative estimate of drug-likeness (QED) is 0.199. The van der Waals surface area contributed by atoms with E-state index >= 15 is 0 Å². The lowest BCUT2D eigenvalue weighted by molar-refractivity contribution is -0.0643. The summed E-state index contributed by atoms with van der Waals surface area (Å²) in [7, 11) is 1.68. The van der Waals surface area contributed by atoms with Crippen molar-refractivity contribution in [2.45, 2.75) is 83.8 Å². The van der Waals surface area contributed by atoms with Crippen LogP contribution in [0.1, 0.15) is 84.7 Å². The molecule has 2 aromatic carbocycles. The van der Waals surface area contributed by atoms with Crippen LogP contribution in [0.25, 0.3) is 20.2 Å². The highest BCUT2D eigenvalue weighted by Crippen LogP contribution is 2.46. The van der Waals surface area contributed by atoms with Crippen LogP contribution >= 0.6 is 35.1 Å². The number of aromatic carboxylic acids is 1. The van der Waals surface area contributed by atoms with Crippen molar-refractivity contribution in [3.05, 3.63) is 63.8 Å². The maximum Gasteiger partial charge on any atom is 0.345 e. The third kappa shape index (κ3) is 7.72. The molecule has 6 aliphatic heterocycles. The van der Waals surface area contributed by atoms with Gasteiger partial charge in [0, 0.05) is 32.9 Å². The molecule has 266 valence electrons. The van der Waals surface area contributed by atoms with Gasteiger partial charge in [-0.2, -0.15) is 0 Å². The first-order chi connectivity index (χ1) is 22.8. The van der Waals surface area contributed by atoms with Crippen LogP contribution in [-0.2, 0) is 0 Å². The van der Waals surface area contributed by atoms with E-state index in [4.69, 9.17) is 15.6 Å². The highest BCUT2D eigenvalue weighted by molar-refractivity contribution is 7.21. The molecule has 6 fully saturated rings. The number of piperidine rings is 6. The largest absolute Gasteiger partial charge is 0.497 e. The number of carbonyl (C=O) groups excluding carboxylic acids is 1. The first-order valence-corrected chi connectivity index (χ1v) is 19.0. The Hall–Kier alpha value is -2.53. The Kier molecular flexibility index (Phi) is 11.5. The molecule has 0 aliphatic carbocycles. The number of ketones is 1. The van der Waals surface area contributed by atoms with Crippen LogP contribution in [0.4, 0.5) is 0 Å². The second kappa shape index (κ2) is 15.0. The van der Waals surface area contributed by atoms with Gasteiger partial charge in [0.15, 0.2) is 5.78 Å². The van der Waals surface area contributed by atoms with Crippen LogP contribution < -0.4 is 10.5 Å². The Labute approximate surface area is 305 Å². The molecular weight excluding hydrogens is 674 g/mol. The lowest BCUT2D eigenvalue weighted by Crippen LogP contribution is -2.67. The minimum Gasteiger partial charge on any atom is -0.497 e. The third-order valence-corrected chi connectivity index (χ3v) is 14.1. The Morgan fingerprint density at radius 1 is 0.816 bits per heavy atom. The molecule has 4 bridgehead atoms. The molecule has 3 N–H and O–H groups in total. The Bertz CT molecular complexity index is 1780. The minimum atomic E-state index is -0.848. The molecule has 2 aromatic heterocycles. The van der Waals surface area contributed by atoms with Crippen LogP contribution in [0.5, 0.6) is 5.75 Å². The molecule has 0 spiro atoms. The molecular formula is C39H52ClN3O4S2. The second-order valence-corrected chi connectivity index (χ2v) is 17.4.